The number of carboxylic acid groups (broad SMARTS) is 2. The Morgan fingerprint density at radius 3 is 1.86 bits per heavy atom. The summed E-state index contributed by atoms with van der Waals surface area (Å²) in [6.45, 7) is 7.53. The van der Waals surface area contributed by atoms with Crippen molar-refractivity contribution >= 4 is 40.7 Å². The highest BCUT2D eigenvalue weighted by Gasteiger charge is 2.20. The van der Waals surface area contributed by atoms with Crippen molar-refractivity contribution in [3.63, 3.8) is 0 Å². The van der Waals surface area contributed by atoms with Crippen molar-refractivity contribution in [3.05, 3.63) is 32.2 Å². The number of amides is 1. The number of aromatic carboxylic acids is 2. The molecule has 28 heavy (non-hydrogen) atoms. The second kappa shape index (κ2) is 10.1. The van der Waals surface area contributed by atoms with E-state index in [9.17, 15) is 14.4 Å². The van der Waals surface area contributed by atoms with Gasteiger partial charge in [-0.1, -0.05) is 6.92 Å². The molecular formula is C17H23N3O6S2. The first-order valence-electron chi connectivity index (χ1n) is 8.22. The Morgan fingerprint density at radius 1 is 1.04 bits per heavy atom. The Morgan fingerprint density at radius 2 is 1.50 bits per heavy atom. The van der Waals surface area contributed by atoms with E-state index in [1.807, 2.05) is 6.92 Å². The third-order valence-corrected chi connectivity index (χ3v) is 4.75. The van der Waals surface area contributed by atoms with Crippen molar-refractivity contribution in [2.24, 2.45) is 0 Å². The lowest BCUT2D eigenvalue weighted by Gasteiger charge is -2.24. The van der Waals surface area contributed by atoms with Gasteiger partial charge in [-0.2, -0.15) is 0 Å². The van der Waals surface area contributed by atoms with Gasteiger partial charge in [0.1, 0.15) is 10.6 Å². The Balaban J connectivity index is 0.000000330. The minimum atomic E-state index is -1.07. The topological polar surface area (TPSA) is 130 Å². The lowest BCUT2D eigenvalue weighted by atomic mass is 10.2. The average molecular weight is 430 g/mol. The van der Waals surface area contributed by atoms with Gasteiger partial charge in [-0.3, -0.25) is 0 Å². The molecule has 9 nitrogen and oxygen atoms in total. The van der Waals surface area contributed by atoms with E-state index >= 15 is 0 Å². The highest BCUT2D eigenvalue weighted by molar-refractivity contribution is 7.10. The maximum atomic E-state index is 11.7. The molecule has 0 aliphatic heterocycles. The summed E-state index contributed by atoms with van der Waals surface area (Å²) in [6, 6.07) is 0. The van der Waals surface area contributed by atoms with Gasteiger partial charge >= 0.3 is 18.0 Å². The van der Waals surface area contributed by atoms with Gasteiger partial charge in [0.2, 0.25) is 0 Å². The molecule has 0 saturated carbocycles. The number of ether oxygens (including phenoxy) is 1. The van der Waals surface area contributed by atoms with Crippen LogP contribution >= 0.6 is 22.7 Å². The lowest BCUT2D eigenvalue weighted by molar-refractivity contribution is 0.0284. The molecule has 2 aromatic rings. The van der Waals surface area contributed by atoms with Crippen LogP contribution in [0.5, 0.6) is 0 Å². The van der Waals surface area contributed by atoms with Crippen LogP contribution in [-0.2, 0) is 17.7 Å². The maximum absolute atomic E-state index is 11.7. The van der Waals surface area contributed by atoms with E-state index in [0.29, 0.717) is 5.01 Å². The summed E-state index contributed by atoms with van der Waals surface area (Å²) >= 11 is 2.59. The van der Waals surface area contributed by atoms with Crippen molar-refractivity contribution in [1.29, 1.82) is 0 Å². The van der Waals surface area contributed by atoms with Gasteiger partial charge in [0, 0.05) is 17.8 Å². The van der Waals surface area contributed by atoms with Crippen LogP contribution in [0.1, 0.15) is 58.7 Å². The Bertz CT molecular complexity index is 825. The molecule has 2 rings (SSSR count). The SMILES string of the molecule is CCc1nc(C(=O)O)cs1.CN(Cc1nc(C(=O)O)cs1)C(=O)OC(C)(C)C. The maximum Gasteiger partial charge on any atom is 0.410 e. The van der Waals surface area contributed by atoms with E-state index in [2.05, 4.69) is 9.97 Å². The lowest BCUT2D eigenvalue weighted by Crippen LogP contribution is -2.33. The average Bonchev–Trinajstić information content (AvgIpc) is 3.23. The Labute approximate surface area is 170 Å². The van der Waals surface area contributed by atoms with Crippen LogP contribution in [0.3, 0.4) is 0 Å². The molecule has 0 bridgehead atoms. The fourth-order valence-electron chi connectivity index (χ4n) is 1.66. The van der Waals surface area contributed by atoms with Gasteiger partial charge in [-0.15, -0.1) is 22.7 Å². The summed E-state index contributed by atoms with van der Waals surface area (Å²) in [5, 5.41) is 21.6. The van der Waals surface area contributed by atoms with Crippen LogP contribution in [-0.4, -0.2) is 55.8 Å². The predicted molar refractivity (Wildman–Crippen MR) is 105 cm³/mol. The second-order valence-corrected chi connectivity index (χ2v) is 8.44. The van der Waals surface area contributed by atoms with Crippen LogP contribution in [0.15, 0.2) is 10.8 Å². The van der Waals surface area contributed by atoms with Crippen LogP contribution in [0.25, 0.3) is 0 Å². The fourth-order valence-corrected chi connectivity index (χ4v) is 3.20. The zero-order valence-electron chi connectivity index (χ0n) is 16.3. The quantitative estimate of drug-likeness (QED) is 0.737. The third-order valence-electron chi connectivity index (χ3n) is 2.92. The summed E-state index contributed by atoms with van der Waals surface area (Å²) in [6.07, 6.45) is 0.340. The van der Waals surface area contributed by atoms with Gasteiger partial charge < -0.3 is 19.8 Å². The Hall–Kier alpha value is -2.53. The molecule has 154 valence electrons. The highest BCUT2D eigenvalue weighted by atomic mass is 32.1. The molecule has 0 aliphatic rings. The number of carbonyl (C=O) groups is 3. The summed E-state index contributed by atoms with van der Waals surface area (Å²) in [5.41, 5.74) is -0.407. The smallest absolute Gasteiger partial charge is 0.410 e. The van der Waals surface area contributed by atoms with Gasteiger partial charge in [0.05, 0.1) is 11.6 Å². The molecule has 0 fully saturated rings. The minimum absolute atomic E-state index is 0.00686. The normalized spacial score (nSPS) is 10.6. The fraction of sp³-hybridized carbons (Fsp3) is 0.471. The molecule has 0 unspecified atom stereocenters. The van der Waals surface area contributed by atoms with Crippen molar-refractivity contribution in [1.82, 2.24) is 14.9 Å². The van der Waals surface area contributed by atoms with Gasteiger partial charge in [0.25, 0.3) is 0 Å². The second-order valence-electron chi connectivity index (χ2n) is 6.55. The molecule has 0 aromatic carbocycles. The number of hydrogen-bond donors (Lipinski definition) is 2. The van der Waals surface area contributed by atoms with Gasteiger partial charge in [0.15, 0.2) is 11.4 Å². The number of rotatable bonds is 5. The largest absolute Gasteiger partial charge is 0.476 e. The molecule has 1 amide bonds. The summed E-state index contributed by atoms with van der Waals surface area (Å²) < 4.78 is 5.17. The first-order valence-corrected chi connectivity index (χ1v) is 9.98. The molecule has 11 heteroatoms. The number of aryl methyl sites for hydroxylation is 1. The first-order chi connectivity index (χ1) is 12.9. The van der Waals surface area contributed by atoms with Gasteiger partial charge in [-0.25, -0.2) is 24.4 Å². The summed E-state index contributed by atoms with van der Waals surface area (Å²) in [5.74, 6) is -2.02. The molecule has 0 spiro atoms. The summed E-state index contributed by atoms with van der Waals surface area (Å²) in [4.78, 5) is 41.7. The minimum Gasteiger partial charge on any atom is -0.476 e. The van der Waals surface area contributed by atoms with E-state index in [-0.39, 0.29) is 17.9 Å². The molecular weight excluding hydrogens is 406 g/mol. The number of hydrogen-bond acceptors (Lipinski definition) is 8. The number of thiazole rings is 2. The van der Waals surface area contributed by atoms with E-state index in [1.165, 1.54) is 33.0 Å². The van der Waals surface area contributed by atoms with Crippen molar-refractivity contribution < 1.29 is 29.3 Å². The number of nitrogens with zero attached hydrogens (tertiary/aromatic N) is 3. The number of carboxylic acids is 2. The zero-order chi connectivity index (χ0) is 21.5. The molecule has 2 N–H and O–H groups in total. The van der Waals surface area contributed by atoms with Crippen LogP contribution in [0.4, 0.5) is 4.79 Å². The zero-order valence-corrected chi connectivity index (χ0v) is 17.9. The predicted octanol–water partition coefficient (Wildman–Crippen LogP) is 3.61. The molecule has 2 heterocycles. The monoisotopic (exact) mass is 429 g/mol. The molecule has 0 radical (unpaired) electrons. The molecule has 0 atom stereocenters. The van der Waals surface area contributed by atoms with Crippen molar-refractivity contribution in [2.75, 3.05) is 7.05 Å². The summed E-state index contributed by atoms with van der Waals surface area (Å²) in [7, 11) is 1.58. The number of carbonyl (C=O) groups excluding carboxylic acids is 1. The van der Waals surface area contributed by atoms with Crippen molar-refractivity contribution in [2.45, 2.75) is 46.3 Å². The number of aromatic nitrogens is 2. The molecule has 2 aromatic heterocycles. The van der Waals surface area contributed by atoms with Crippen LogP contribution in [0, 0.1) is 0 Å². The van der Waals surface area contributed by atoms with Gasteiger partial charge in [-0.05, 0) is 27.2 Å². The molecule has 0 saturated heterocycles. The third kappa shape index (κ3) is 8.01. The van der Waals surface area contributed by atoms with Crippen molar-refractivity contribution in [3.8, 4) is 0 Å². The van der Waals surface area contributed by atoms with E-state index < -0.39 is 23.6 Å². The van der Waals surface area contributed by atoms with E-state index in [1.54, 1.807) is 33.2 Å². The van der Waals surface area contributed by atoms with Crippen LogP contribution < -0.4 is 0 Å². The standard InChI is InChI=1S/C11H16N2O4S.C6H7NO2S/c1-11(2,3)17-10(16)13(4)5-8-12-7(6-18-8)9(14)15;1-2-5-7-4(3-10-5)6(8)9/h6H,5H2,1-4H3,(H,14,15);3H,2H2,1H3,(H,8,9). The molecule has 0 aliphatic carbocycles. The first kappa shape index (κ1) is 23.5. The van der Waals surface area contributed by atoms with Crippen LogP contribution in [0.2, 0.25) is 0 Å². The highest BCUT2D eigenvalue weighted by Crippen LogP contribution is 2.14. The Kier molecular flexibility index (Phi) is 8.51. The van der Waals surface area contributed by atoms with E-state index in [0.717, 1.165) is 11.4 Å². The van der Waals surface area contributed by atoms with E-state index in [4.69, 9.17) is 14.9 Å².